The SMILES string of the molecule is CCCCCCCC(CCCCCCC)CCCCOP(=O)(O)O. The molecule has 0 spiro atoms. The summed E-state index contributed by atoms with van der Waals surface area (Å²) in [4.78, 5) is 17.4. The molecule has 0 saturated heterocycles. The van der Waals surface area contributed by atoms with Crippen LogP contribution in [0.4, 0.5) is 0 Å². The van der Waals surface area contributed by atoms with E-state index in [1.54, 1.807) is 0 Å². The highest BCUT2D eigenvalue weighted by Crippen LogP contribution is 2.36. The van der Waals surface area contributed by atoms with Crippen LogP contribution >= 0.6 is 7.82 Å². The monoisotopic (exact) mass is 364 g/mol. The summed E-state index contributed by atoms with van der Waals surface area (Å²) in [5, 5.41) is 0. The van der Waals surface area contributed by atoms with Gasteiger partial charge in [0.05, 0.1) is 6.61 Å². The number of hydrogen-bond donors (Lipinski definition) is 2. The van der Waals surface area contributed by atoms with E-state index in [9.17, 15) is 4.57 Å². The van der Waals surface area contributed by atoms with Crippen LogP contribution in [-0.2, 0) is 9.09 Å². The van der Waals surface area contributed by atoms with Gasteiger partial charge in [-0.25, -0.2) is 4.57 Å². The maximum atomic E-state index is 10.7. The van der Waals surface area contributed by atoms with Gasteiger partial charge >= 0.3 is 7.82 Å². The van der Waals surface area contributed by atoms with Crippen molar-refractivity contribution in [3.8, 4) is 0 Å². The average Bonchev–Trinajstić information content (AvgIpc) is 2.52. The molecule has 0 atom stereocenters. The molecule has 0 rings (SSSR count). The smallest absolute Gasteiger partial charge is 0.303 e. The molecule has 0 heterocycles. The van der Waals surface area contributed by atoms with Crippen molar-refractivity contribution >= 4 is 7.82 Å². The van der Waals surface area contributed by atoms with Crippen LogP contribution in [0.25, 0.3) is 0 Å². The van der Waals surface area contributed by atoms with Crippen molar-refractivity contribution < 1.29 is 18.9 Å². The minimum atomic E-state index is -4.29. The lowest BCUT2D eigenvalue weighted by atomic mass is 9.90. The Bertz CT molecular complexity index is 290. The molecule has 0 aromatic carbocycles. The summed E-state index contributed by atoms with van der Waals surface area (Å²) < 4.78 is 15.2. The normalized spacial score (nSPS) is 12.2. The summed E-state index contributed by atoms with van der Waals surface area (Å²) in [5.74, 6) is 0.781. The molecule has 0 aliphatic rings. The van der Waals surface area contributed by atoms with Crippen molar-refractivity contribution in [3.05, 3.63) is 0 Å². The zero-order valence-corrected chi connectivity index (χ0v) is 16.9. The highest BCUT2D eigenvalue weighted by Gasteiger charge is 2.13. The van der Waals surface area contributed by atoms with Crippen molar-refractivity contribution in [1.29, 1.82) is 0 Å². The second-order valence-corrected chi connectivity index (χ2v) is 8.33. The molecule has 0 unspecified atom stereocenters. The highest BCUT2D eigenvalue weighted by molar-refractivity contribution is 7.46. The third-order valence-electron chi connectivity index (χ3n) is 4.70. The van der Waals surface area contributed by atoms with Gasteiger partial charge in [0.15, 0.2) is 0 Å². The summed E-state index contributed by atoms with van der Waals surface area (Å²) in [6, 6.07) is 0. The zero-order chi connectivity index (χ0) is 18.1. The van der Waals surface area contributed by atoms with Gasteiger partial charge in [-0.3, -0.25) is 4.52 Å². The predicted octanol–water partition coefficient (Wildman–Crippen LogP) is 6.60. The summed E-state index contributed by atoms with van der Waals surface area (Å²) in [6.45, 7) is 4.67. The fraction of sp³-hybridized carbons (Fsp3) is 1.00. The van der Waals surface area contributed by atoms with Crippen molar-refractivity contribution in [2.75, 3.05) is 6.61 Å². The average molecular weight is 365 g/mol. The van der Waals surface area contributed by atoms with Gasteiger partial charge in [0.25, 0.3) is 0 Å². The van der Waals surface area contributed by atoms with Crippen LogP contribution in [0.5, 0.6) is 0 Å². The van der Waals surface area contributed by atoms with E-state index in [4.69, 9.17) is 9.79 Å². The van der Waals surface area contributed by atoms with Gasteiger partial charge in [0, 0.05) is 0 Å². The maximum absolute atomic E-state index is 10.7. The maximum Gasteiger partial charge on any atom is 0.469 e. The summed E-state index contributed by atoms with van der Waals surface area (Å²) in [6.07, 6.45) is 18.9. The quantitative estimate of drug-likeness (QED) is 0.212. The zero-order valence-electron chi connectivity index (χ0n) is 16.0. The van der Waals surface area contributed by atoms with Gasteiger partial charge in [0.2, 0.25) is 0 Å². The first-order valence-corrected chi connectivity index (χ1v) is 11.7. The van der Waals surface area contributed by atoms with Gasteiger partial charge in [0.1, 0.15) is 0 Å². The van der Waals surface area contributed by atoms with Crippen LogP contribution in [0.3, 0.4) is 0 Å². The van der Waals surface area contributed by atoms with E-state index in [1.807, 2.05) is 0 Å². The Hall–Kier alpha value is 0.110. The van der Waals surface area contributed by atoms with Crippen LogP contribution in [-0.4, -0.2) is 16.4 Å². The van der Waals surface area contributed by atoms with Gasteiger partial charge in [-0.05, 0) is 12.3 Å². The minimum Gasteiger partial charge on any atom is -0.303 e. The van der Waals surface area contributed by atoms with Crippen LogP contribution in [0.2, 0.25) is 0 Å². The van der Waals surface area contributed by atoms with Crippen molar-refractivity contribution in [3.63, 3.8) is 0 Å². The molecular formula is C19H41O4P. The van der Waals surface area contributed by atoms with Crippen molar-refractivity contribution in [2.45, 2.75) is 110 Å². The second kappa shape index (κ2) is 16.6. The largest absolute Gasteiger partial charge is 0.469 e. The van der Waals surface area contributed by atoms with Crippen LogP contribution in [0, 0.1) is 5.92 Å². The fourth-order valence-electron chi connectivity index (χ4n) is 3.22. The Kier molecular flexibility index (Phi) is 16.6. The third-order valence-corrected chi connectivity index (χ3v) is 5.22. The first-order chi connectivity index (χ1) is 11.5. The molecule has 0 aromatic heterocycles. The molecule has 0 amide bonds. The topological polar surface area (TPSA) is 66.8 Å². The summed E-state index contributed by atoms with van der Waals surface area (Å²) >= 11 is 0. The Labute approximate surface area is 150 Å². The lowest BCUT2D eigenvalue weighted by Crippen LogP contribution is -2.03. The molecule has 0 aliphatic carbocycles. The van der Waals surface area contributed by atoms with E-state index in [0.717, 1.165) is 18.8 Å². The molecule has 0 saturated carbocycles. The van der Waals surface area contributed by atoms with Gasteiger partial charge in [-0.2, -0.15) is 0 Å². The highest BCUT2D eigenvalue weighted by atomic mass is 31.2. The number of unbranched alkanes of at least 4 members (excludes halogenated alkanes) is 9. The van der Waals surface area contributed by atoms with Gasteiger partial charge in [-0.1, -0.05) is 104 Å². The fourth-order valence-corrected chi connectivity index (χ4v) is 3.59. The molecule has 5 heteroatoms. The predicted molar refractivity (Wildman–Crippen MR) is 102 cm³/mol. The molecule has 146 valence electrons. The lowest BCUT2D eigenvalue weighted by molar-refractivity contribution is 0.191. The van der Waals surface area contributed by atoms with Crippen molar-refractivity contribution in [2.24, 2.45) is 5.92 Å². The molecule has 0 radical (unpaired) electrons. The van der Waals surface area contributed by atoms with Crippen molar-refractivity contribution in [1.82, 2.24) is 0 Å². The Morgan fingerprint density at radius 1 is 0.708 bits per heavy atom. The number of phosphoric ester groups is 1. The molecule has 4 nitrogen and oxygen atoms in total. The molecule has 0 aromatic rings. The van der Waals surface area contributed by atoms with Gasteiger partial charge < -0.3 is 9.79 Å². The molecular weight excluding hydrogens is 323 g/mol. The van der Waals surface area contributed by atoms with E-state index < -0.39 is 7.82 Å². The summed E-state index contributed by atoms with van der Waals surface area (Å²) in [7, 11) is -4.29. The van der Waals surface area contributed by atoms with E-state index in [-0.39, 0.29) is 6.61 Å². The van der Waals surface area contributed by atoms with Gasteiger partial charge in [-0.15, -0.1) is 0 Å². The summed E-state index contributed by atoms with van der Waals surface area (Å²) in [5.41, 5.74) is 0. The third kappa shape index (κ3) is 18.4. The first kappa shape index (κ1) is 24.1. The standard InChI is InChI=1S/C19H41O4P/c1-3-5-7-9-11-15-19(16-12-10-8-6-4-2)17-13-14-18-23-24(20,21)22/h19H,3-18H2,1-2H3,(H2,20,21,22). The first-order valence-electron chi connectivity index (χ1n) is 10.2. The van der Waals surface area contributed by atoms with Crippen LogP contribution in [0.15, 0.2) is 0 Å². The van der Waals surface area contributed by atoms with E-state index in [2.05, 4.69) is 18.4 Å². The molecule has 0 fully saturated rings. The van der Waals surface area contributed by atoms with Crippen LogP contribution in [0.1, 0.15) is 110 Å². The van der Waals surface area contributed by atoms with Crippen LogP contribution < -0.4 is 0 Å². The number of phosphoric acid groups is 1. The number of hydrogen-bond acceptors (Lipinski definition) is 2. The molecule has 2 N–H and O–H groups in total. The lowest BCUT2D eigenvalue weighted by Gasteiger charge is -2.17. The Balaban J connectivity index is 3.86. The molecule has 24 heavy (non-hydrogen) atoms. The van der Waals surface area contributed by atoms with E-state index in [1.165, 1.54) is 83.5 Å². The minimum absolute atomic E-state index is 0.171. The van der Waals surface area contributed by atoms with E-state index >= 15 is 0 Å². The second-order valence-electron chi connectivity index (χ2n) is 7.09. The molecule has 0 bridgehead atoms. The Morgan fingerprint density at radius 2 is 1.12 bits per heavy atom. The number of rotatable bonds is 18. The van der Waals surface area contributed by atoms with E-state index in [0.29, 0.717) is 0 Å². The molecule has 0 aliphatic heterocycles. The Morgan fingerprint density at radius 3 is 1.54 bits per heavy atom.